The molecule has 17 heavy (non-hydrogen) atoms. The van der Waals surface area contributed by atoms with E-state index in [0.717, 1.165) is 12.8 Å². The van der Waals surface area contributed by atoms with E-state index in [9.17, 15) is 9.18 Å². The normalized spacial score (nSPS) is 14.8. The van der Waals surface area contributed by atoms with Gasteiger partial charge in [-0.15, -0.1) is 0 Å². The maximum absolute atomic E-state index is 13.7. The summed E-state index contributed by atoms with van der Waals surface area (Å²) in [6, 6.07) is 4.88. The number of amides is 1. The van der Waals surface area contributed by atoms with Crippen LogP contribution in [-0.2, 0) is 0 Å². The molecule has 0 bridgehead atoms. The van der Waals surface area contributed by atoms with Crippen molar-refractivity contribution in [2.75, 3.05) is 11.9 Å². The van der Waals surface area contributed by atoms with Gasteiger partial charge in [-0.3, -0.25) is 4.79 Å². The Labute approximate surface area is 116 Å². The van der Waals surface area contributed by atoms with Gasteiger partial charge in [0.05, 0.1) is 5.56 Å². The van der Waals surface area contributed by atoms with Crippen molar-refractivity contribution in [2.24, 2.45) is 0 Å². The van der Waals surface area contributed by atoms with Gasteiger partial charge in [-0.1, -0.05) is 22.0 Å². The van der Waals surface area contributed by atoms with Gasteiger partial charge in [0.25, 0.3) is 5.91 Å². The first-order chi connectivity index (χ1) is 8.15. The minimum atomic E-state index is -0.468. The summed E-state index contributed by atoms with van der Waals surface area (Å²) in [6.45, 7) is 0.615. The summed E-state index contributed by atoms with van der Waals surface area (Å²) in [4.78, 5) is 14.0. The highest BCUT2D eigenvalue weighted by atomic mass is 79.9. The van der Waals surface area contributed by atoms with Gasteiger partial charge < -0.3 is 4.90 Å². The molecule has 0 aromatic heterocycles. The van der Waals surface area contributed by atoms with Crippen molar-refractivity contribution in [2.45, 2.75) is 18.9 Å². The third-order valence-corrected chi connectivity index (χ3v) is 3.77. The van der Waals surface area contributed by atoms with E-state index >= 15 is 0 Å². The van der Waals surface area contributed by atoms with Crippen LogP contribution in [0, 0.1) is 5.82 Å². The Morgan fingerprint density at radius 1 is 1.47 bits per heavy atom. The van der Waals surface area contributed by atoms with Crippen LogP contribution in [0.5, 0.6) is 0 Å². The Kier molecular flexibility index (Phi) is 4.20. The quantitative estimate of drug-likeness (QED) is 0.747. The fourth-order valence-electron chi connectivity index (χ4n) is 1.77. The number of carbonyl (C=O) groups excluding carboxylic acids is 1. The first-order valence-corrected chi connectivity index (χ1v) is 7.37. The Balaban J connectivity index is 2.28. The third kappa shape index (κ3) is 2.88. The number of nitrogens with zero attached hydrogens (tertiary/aromatic N) is 1. The van der Waals surface area contributed by atoms with Crippen molar-refractivity contribution in [3.8, 4) is 0 Å². The largest absolute Gasteiger partial charge is 0.335 e. The van der Waals surface area contributed by atoms with Gasteiger partial charge in [0.2, 0.25) is 0 Å². The molecule has 2 nitrogen and oxygen atoms in total. The van der Waals surface area contributed by atoms with Crippen LogP contribution in [0.15, 0.2) is 22.7 Å². The fraction of sp³-hybridized carbons (Fsp3) is 0.417. The average molecular weight is 365 g/mol. The van der Waals surface area contributed by atoms with Gasteiger partial charge >= 0.3 is 0 Å². The maximum atomic E-state index is 13.7. The van der Waals surface area contributed by atoms with E-state index in [2.05, 4.69) is 31.9 Å². The highest BCUT2D eigenvalue weighted by molar-refractivity contribution is 9.10. The van der Waals surface area contributed by atoms with Crippen molar-refractivity contribution in [3.63, 3.8) is 0 Å². The lowest BCUT2D eigenvalue weighted by Crippen LogP contribution is -2.35. The number of benzene rings is 1. The minimum Gasteiger partial charge on any atom is -0.335 e. The Morgan fingerprint density at radius 3 is 2.71 bits per heavy atom. The van der Waals surface area contributed by atoms with E-state index in [0.29, 0.717) is 16.3 Å². The van der Waals surface area contributed by atoms with Crippen LogP contribution >= 0.6 is 31.9 Å². The molecular weight excluding hydrogens is 353 g/mol. The number of hydrogen-bond acceptors (Lipinski definition) is 1. The van der Waals surface area contributed by atoms with Crippen LogP contribution in [0.2, 0.25) is 0 Å². The third-order valence-electron chi connectivity index (χ3n) is 2.75. The summed E-state index contributed by atoms with van der Waals surface area (Å²) in [7, 11) is 0. The molecule has 0 heterocycles. The number of carbonyl (C=O) groups is 1. The fourth-order valence-corrected chi connectivity index (χ4v) is 2.67. The number of hydrogen-bond donors (Lipinski definition) is 0. The second kappa shape index (κ2) is 5.48. The molecule has 0 atom stereocenters. The lowest BCUT2D eigenvalue weighted by Gasteiger charge is -2.22. The molecule has 1 aliphatic rings. The molecule has 0 N–H and O–H groups in total. The summed E-state index contributed by atoms with van der Waals surface area (Å²) in [5.41, 5.74) is 0.139. The molecule has 5 heteroatoms. The number of halogens is 3. The van der Waals surface area contributed by atoms with Crippen LogP contribution in [-0.4, -0.2) is 28.7 Å². The van der Waals surface area contributed by atoms with E-state index in [1.165, 1.54) is 6.07 Å². The molecule has 1 aromatic rings. The SMILES string of the molecule is O=C(c1c(F)cccc1Br)N(CCBr)C1CC1. The molecule has 1 saturated carbocycles. The summed E-state index contributed by atoms with van der Waals surface area (Å²) in [5.74, 6) is -0.693. The molecule has 1 amide bonds. The lowest BCUT2D eigenvalue weighted by molar-refractivity contribution is 0.0749. The first kappa shape index (κ1) is 13.0. The van der Waals surface area contributed by atoms with Gasteiger partial charge in [-0.2, -0.15) is 0 Å². The van der Waals surface area contributed by atoms with Crippen molar-refractivity contribution in [1.82, 2.24) is 4.90 Å². The monoisotopic (exact) mass is 363 g/mol. The highest BCUT2D eigenvalue weighted by Crippen LogP contribution is 2.30. The predicted molar refractivity (Wildman–Crippen MR) is 72.0 cm³/mol. The van der Waals surface area contributed by atoms with E-state index < -0.39 is 5.82 Å². The molecular formula is C12H12Br2FNO. The predicted octanol–water partition coefficient (Wildman–Crippen LogP) is 3.59. The van der Waals surface area contributed by atoms with Crippen LogP contribution < -0.4 is 0 Å². The van der Waals surface area contributed by atoms with Crippen molar-refractivity contribution < 1.29 is 9.18 Å². The molecule has 2 rings (SSSR count). The summed E-state index contributed by atoms with van der Waals surface area (Å²) >= 11 is 6.56. The summed E-state index contributed by atoms with van der Waals surface area (Å²) in [5, 5.41) is 0.710. The average Bonchev–Trinajstić information content (AvgIpc) is 3.09. The Morgan fingerprint density at radius 2 is 2.18 bits per heavy atom. The summed E-state index contributed by atoms with van der Waals surface area (Å²) < 4.78 is 14.2. The second-order valence-corrected chi connectivity index (χ2v) is 5.66. The minimum absolute atomic E-state index is 0.139. The van der Waals surface area contributed by atoms with Crippen molar-refractivity contribution >= 4 is 37.8 Å². The summed E-state index contributed by atoms with van der Waals surface area (Å²) in [6.07, 6.45) is 2.04. The molecule has 0 radical (unpaired) electrons. The van der Waals surface area contributed by atoms with E-state index in [-0.39, 0.29) is 17.5 Å². The first-order valence-electron chi connectivity index (χ1n) is 5.46. The van der Waals surface area contributed by atoms with Gasteiger partial charge in [0.15, 0.2) is 0 Å². The zero-order chi connectivity index (χ0) is 12.4. The zero-order valence-electron chi connectivity index (χ0n) is 9.13. The topological polar surface area (TPSA) is 20.3 Å². The molecule has 92 valence electrons. The van der Waals surface area contributed by atoms with Crippen LogP contribution in [0.25, 0.3) is 0 Å². The van der Waals surface area contributed by atoms with Crippen LogP contribution in [0.1, 0.15) is 23.2 Å². The van der Waals surface area contributed by atoms with E-state index in [1.807, 2.05) is 0 Å². The number of rotatable bonds is 4. The maximum Gasteiger partial charge on any atom is 0.258 e. The molecule has 0 saturated heterocycles. The van der Waals surface area contributed by atoms with Gasteiger partial charge in [0.1, 0.15) is 5.82 Å². The molecule has 1 aromatic carbocycles. The van der Waals surface area contributed by atoms with Crippen molar-refractivity contribution in [1.29, 1.82) is 0 Å². The Hall–Kier alpha value is -0.420. The van der Waals surface area contributed by atoms with E-state index in [4.69, 9.17) is 0 Å². The van der Waals surface area contributed by atoms with Crippen LogP contribution in [0.4, 0.5) is 4.39 Å². The lowest BCUT2D eigenvalue weighted by atomic mass is 10.2. The molecule has 0 spiro atoms. The van der Waals surface area contributed by atoms with Crippen LogP contribution in [0.3, 0.4) is 0 Å². The number of alkyl halides is 1. The second-order valence-electron chi connectivity index (χ2n) is 4.02. The Bertz CT molecular complexity index is 414. The molecule has 1 aliphatic carbocycles. The zero-order valence-corrected chi connectivity index (χ0v) is 12.3. The van der Waals surface area contributed by atoms with Gasteiger partial charge in [-0.25, -0.2) is 4.39 Å². The van der Waals surface area contributed by atoms with Gasteiger partial charge in [-0.05, 0) is 40.9 Å². The molecule has 0 aliphatic heterocycles. The highest BCUT2D eigenvalue weighted by Gasteiger charge is 2.34. The molecule has 1 fully saturated rings. The van der Waals surface area contributed by atoms with Gasteiger partial charge in [0, 0.05) is 22.4 Å². The molecule has 0 unspecified atom stereocenters. The standard InChI is InChI=1S/C12H12Br2FNO/c13-6-7-16(8-4-5-8)12(17)11-9(14)2-1-3-10(11)15/h1-3,8H,4-7H2. The smallest absolute Gasteiger partial charge is 0.258 e. The van der Waals surface area contributed by atoms with E-state index in [1.54, 1.807) is 17.0 Å². The van der Waals surface area contributed by atoms with Crippen molar-refractivity contribution in [3.05, 3.63) is 34.1 Å².